The Bertz CT molecular complexity index is 464. The normalized spacial score (nSPS) is 29.2. The molecule has 3 aliphatic rings. The van der Waals surface area contributed by atoms with Crippen molar-refractivity contribution < 1.29 is 0 Å². The van der Waals surface area contributed by atoms with E-state index < -0.39 is 0 Å². The van der Waals surface area contributed by atoms with Crippen molar-refractivity contribution in [3.05, 3.63) is 29.8 Å². The van der Waals surface area contributed by atoms with Gasteiger partial charge in [0.05, 0.1) is 0 Å². The van der Waals surface area contributed by atoms with Gasteiger partial charge in [0.15, 0.2) is 0 Å². The zero-order valence-electron chi connectivity index (χ0n) is 12.9. The molecule has 0 radical (unpaired) electrons. The highest BCUT2D eigenvalue weighted by Gasteiger charge is 2.36. The average molecular weight is 285 g/mol. The van der Waals surface area contributed by atoms with Crippen LogP contribution in [0.3, 0.4) is 0 Å². The Kier molecular flexibility index (Phi) is 3.87. The van der Waals surface area contributed by atoms with E-state index >= 15 is 0 Å². The van der Waals surface area contributed by atoms with Crippen molar-refractivity contribution in [1.82, 2.24) is 10.2 Å². The second-order valence-corrected chi connectivity index (χ2v) is 6.88. The molecule has 3 heterocycles. The van der Waals surface area contributed by atoms with Crippen molar-refractivity contribution in [2.45, 2.75) is 50.7 Å². The first-order valence-corrected chi connectivity index (χ1v) is 8.71. The molecule has 1 aromatic carbocycles. The molecular formula is C18H27N3. The van der Waals surface area contributed by atoms with E-state index in [1.807, 2.05) is 0 Å². The minimum atomic E-state index is 0.714. The predicted octanol–water partition coefficient (Wildman–Crippen LogP) is 2.61. The van der Waals surface area contributed by atoms with Gasteiger partial charge in [-0.05, 0) is 56.3 Å². The summed E-state index contributed by atoms with van der Waals surface area (Å²) in [5.74, 6) is 0. The van der Waals surface area contributed by atoms with Crippen LogP contribution in [0.5, 0.6) is 0 Å². The van der Waals surface area contributed by atoms with Crippen LogP contribution in [-0.2, 0) is 6.54 Å². The van der Waals surface area contributed by atoms with Crippen molar-refractivity contribution in [3.8, 4) is 0 Å². The number of anilines is 1. The number of fused-ring (bicyclic) bond motifs is 1. The molecule has 2 atom stereocenters. The lowest BCUT2D eigenvalue weighted by molar-refractivity contribution is 0.298. The number of nitrogens with zero attached hydrogens (tertiary/aromatic N) is 2. The zero-order chi connectivity index (χ0) is 14.1. The molecule has 0 aromatic heterocycles. The fourth-order valence-electron chi connectivity index (χ4n) is 4.37. The Morgan fingerprint density at radius 2 is 1.71 bits per heavy atom. The topological polar surface area (TPSA) is 18.5 Å². The van der Waals surface area contributed by atoms with Gasteiger partial charge in [-0.25, -0.2) is 0 Å². The average Bonchev–Trinajstić information content (AvgIpc) is 3.24. The van der Waals surface area contributed by atoms with Crippen LogP contribution < -0.4 is 10.2 Å². The van der Waals surface area contributed by atoms with E-state index in [1.165, 1.54) is 69.5 Å². The van der Waals surface area contributed by atoms with E-state index in [0.717, 1.165) is 12.6 Å². The van der Waals surface area contributed by atoms with Crippen LogP contribution in [0.15, 0.2) is 24.3 Å². The summed E-state index contributed by atoms with van der Waals surface area (Å²) in [4.78, 5) is 5.18. The van der Waals surface area contributed by atoms with Gasteiger partial charge in [-0.15, -0.1) is 0 Å². The van der Waals surface area contributed by atoms with Gasteiger partial charge in [0, 0.05) is 44.0 Å². The van der Waals surface area contributed by atoms with Gasteiger partial charge in [-0.3, -0.25) is 4.90 Å². The molecular weight excluding hydrogens is 258 g/mol. The Balaban J connectivity index is 1.32. The van der Waals surface area contributed by atoms with Gasteiger partial charge in [0.2, 0.25) is 0 Å². The monoisotopic (exact) mass is 285 g/mol. The lowest BCUT2D eigenvalue weighted by Crippen LogP contribution is -2.38. The van der Waals surface area contributed by atoms with Crippen molar-refractivity contribution >= 4 is 5.69 Å². The van der Waals surface area contributed by atoms with Crippen molar-refractivity contribution in [2.75, 3.05) is 31.1 Å². The maximum Gasteiger partial charge on any atom is 0.0366 e. The highest BCUT2D eigenvalue weighted by atomic mass is 15.2. The third kappa shape index (κ3) is 2.82. The molecule has 3 saturated heterocycles. The number of rotatable bonds is 4. The van der Waals surface area contributed by atoms with Crippen LogP contribution in [0.25, 0.3) is 0 Å². The van der Waals surface area contributed by atoms with E-state index in [9.17, 15) is 0 Å². The van der Waals surface area contributed by atoms with E-state index in [1.54, 1.807) is 0 Å². The van der Waals surface area contributed by atoms with Crippen LogP contribution in [0, 0.1) is 0 Å². The van der Waals surface area contributed by atoms with Gasteiger partial charge in [0.1, 0.15) is 0 Å². The molecule has 114 valence electrons. The Morgan fingerprint density at radius 3 is 2.52 bits per heavy atom. The number of benzene rings is 1. The minimum absolute atomic E-state index is 0.714. The van der Waals surface area contributed by atoms with Crippen LogP contribution in [0.4, 0.5) is 5.69 Å². The minimum Gasteiger partial charge on any atom is -0.372 e. The van der Waals surface area contributed by atoms with E-state index in [-0.39, 0.29) is 0 Å². The number of nitrogens with one attached hydrogen (secondary N) is 1. The van der Waals surface area contributed by atoms with E-state index in [4.69, 9.17) is 0 Å². The van der Waals surface area contributed by atoms with Gasteiger partial charge >= 0.3 is 0 Å². The first-order valence-electron chi connectivity index (χ1n) is 8.71. The molecule has 0 aliphatic carbocycles. The third-order valence-corrected chi connectivity index (χ3v) is 5.58. The van der Waals surface area contributed by atoms with Gasteiger partial charge < -0.3 is 10.2 Å². The molecule has 3 nitrogen and oxygen atoms in total. The molecule has 1 N–H and O–H groups in total. The first kappa shape index (κ1) is 13.6. The summed E-state index contributed by atoms with van der Waals surface area (Å²) in [5.41, 5.74) is 2.83. The number of hydrogen-bond donors (Lipinski definition) is 1. The summed E-state index contributed by atoms with van der Waals surface area (Å²) in [6.07, 6.45) is 6.82. The Hall–Kier alpha value is -1.06. The summed E-state index contributed by atoms with van der Waals surface area (Å²) in [5, 5.41) is 3.80. The van der Waals surface area contributed by atoms with Crippen LogP contribution >= 0.6 is 0 Å². The largest absolute Gasteiger partial charge is 0.372 e. The first-order chi connectivity index (χ1) is 10.4. The van der Waals surface area contributed by atoms with E-state index in [0.29, 0.717) is 6.04 Å². The lowest BCUT2D eigenvalue weighted by atomic mass is 10.1. The smallest absolute Gasteiger partial charge is 0.0366 e. The van der Waals surface area contributed by atoms with E-state index in [2.05, 4.69) is 39.4 Å². The van der Waals surface area contributed by atoms with Gasteiger partial charge in [0.25, 0.3) is 0 Å². The summed E-state index contributed by atoms with van der Waals surface area (Å²) >= 11 is 0. The van der Waals surface area contributed by atoms with Crippen LogP contribution in [-0.4, -0.2) is 43.2 Å². The molecule has 2 unspecified atom stereocenters. The molecule has 0 spiro atoms. The Labute approximate surface area is 128 Å². The summed E-state index contributed by atoms with van der Waals surface area (Å²) in [6.45, 7) is 6.12. The zero-order valence-corrected chi connectivity index (χ0v) is 12.9. The molecule has 3 fully saturated rings. The molecule has 4 rings (SSSR count). The summed E-state index contributed by atoms with van der Waals surface area (Å²) < 4.78 is 0. The number of hydrogen-bond acceptors (Lipinski definition) is 3. The fourth-order valence-corrected chi connectivity index (χ4v) is 4.37. The fraction of sp³-hybridized carbons (Fsp3) is 0.667. The van der Waals surface area contributed by atoms with Crippen molar-refractivity contribution in [3.63, 3.8) is 0 Å². The summed E-state index contributed by atoms with van der Waals surface area (Å²) in [7, 11) is 0. The Morgan fingerprint density at radius 1 is 0.905 bits per heavy atom. The molecule has 0 amide bonds. The van der Waals surface area contributed by atoms with Crippen LogP contribution in [0.1, 0.15) is 37.7 Å². The molecule has 21 heavy (non-hydrogen) atoms. The predicted molar refractivity (Wildman–Crippen MR) is 87.7 cm³/mol. The van der Waals surface area contributed by atoms with Crippen molar-refractivity contribution in [2.24, 2.45) is 0 Å². The van der Waals surface area contributed by atoms with Gasteiger partial charge in [-0.1, -0.05) is 12.1 Å². The third-order valence-electron chi connectivity index (χ3n) is 5.58. The molecule has 0 saturated carbocycles. The lowest BCUT2D eigenvalue weighted by Gasteiger charge is -2.22. The maximum absolute atomic E-state index is 3.80. The standard InChI is InChI=1S/C18H27N3/c1-2-11-20(10-1)16-7-5-15(6-8-16)14-19-17-9-13-21-12-3-4-18(17)21/h5-8,17-19H,1-4,9-14H2. The summed E-state index contributed by atoms with van der Waals surface area (Å²) in [6, 6.07) is 10.8. The van der Waals surface area contributed by atoms with Gasteiger partial charge in [-0.2, -0.15) is 0 Å². The SMILES string of the molecule is c1cc(N2CCCC2)ccc1CNC1CCN2CCCC12. The van der Waals surface area contributed by atoms with Crippen LogP contribution in [0.2, 0.25) is 0 Å². The highest BCUT2D eigenvalue weighted by molar-refractivity contribution is 5.48. The molecule has 1 aromatic rings. The maximum atomic E-state index is 3.80. The second kappa shape index (κ2) is 5.98. The van der Waals surface area contributed by atoms with Crippen molar-refractivity contribution in [1.29, 1.82) is 0 Å². The second-order valence-electron chi connectivity index (χ2n) is 6.88. The quantitative estimate of drug-likeness (QED) is 0.917. The highest BCUT2D eigenvalue weighted by Crippen LogP contribution is 2.28. The molecule has 3 heteroatoms. The molecule has 0 bridgehead atoms. The molecule has 3 aliphatic heterocycles.